The maximum atomic E-state index is 12.4. The number of carbonyl (C=O) groups is 1. The van der Waals surface area contributed by atoms with Crippen LogP contribution in [0.2, 0.25) is 0 Å². The summed E-state index contributed by atoms with van der Waals surface area (Å²) in [5, 5.41) is 9.00. The Morgan fingerprint density at radius 1 is 1.14 bits per heavy atom. The second-order valence-electron chi connectivity index (χ2n) is 6.88. The number of benzene rings is 1. The summed E-state index contributed by atoms with van der Waals surface area (Å²) in [6, 6.07) is 4.82. The molecule has 0 bridgehead atoms. The van der Waals surface area contributed by atoms with Gasteiger partial charge < -0.3 is 9.84 Å². The molecule has 4 nitrogen and oxygen atoms in total. The van der Waals surface area contributed by atoms with E-state index in [-0.39, 0.29) is 31.3 Å². The van der Waals surface area contributed by atoms with Gasteiger partial charge in [-0.25, -0.2) is 0 Å². The molecule has 0 unspecified atom stereocenters. The number of piperidine rings is 1. The van der Waals surface area contributed by atoms with Crippen LogP contribution >= 0.6 is 0 Å². The fraction of sp³-hybridized carbons (Fsp3) is 0.611. The zero-order chi connectivity index (χ0) is 20.9. The molecule has 1 aromatic carbocycles. The molecule has 0 aliphatic carbocycles. The summed E-state index contributed by atoms with van der Waals surface area (Å²) in [7, 11) is 0. The molecular formula is C18H21F6NO3. The molecule has 1 saturated heterocycles. The molecule has 10 heteroatoms. The highest BCUT2D eigenvalue weighted by Gasteiger charge is 2.33. The van der Waals surface area contributed by atoms with Gasteiger partial charge in [0.2, 0.25) is 0 Å². The van der Waals surface area contributed by atoms with Crippen LogP contribution < -0.4 is 4.74 Å². The van der Waals surface area contributed by atoms with Crippen LogP contribution in [-0.4, -0.2) is 41.6 Å². The minimum absolute atomic E-state index is 0.0534. The van der Waals surface area contributed by atoms with Gasteiger partial charge in [0.25, 0.3) is 0 Å². The number of likely N-dealkylation sites (tertiary alicyclic amines) is 1. The van der Waals surface area contributed by atoms with Crippen LogP contribution in [0.3, 0.4) is 0 Å². The van der Waals surface area contributed by atoms with Gasteiger partial charge in [-0.05, 0) is 56.0 Å². The zero-order valence-electron chi connectivity index (χ0n) is 14.9. The van der Waals surface area contributed by atoms with Gasteiger partial charge in [-0.1, -0.05) is 12.1 Å². The second-order valence-corrected chi connectivity index (χ2v) is 6.88. The van der Waals surface area contributed by atoms with Gasteiger partial charge in [-0.3, -0.25) is 9.69 Å². The van der Waals surface area contributed by atoms with Gasteiger partial charge in [0, 0.05) is 18.9 Å². The number of hydrogen-bond acceptors (Lipinski definition) is 3. The Morgan fingerprint density at radius 2 is 1.79 bits per heavy atom. The zero-order valence-corrected chi connectivity index (χ0v) is 14.9. The third-order valence-corrected chi connectivity index (χ3v) is 4.69. The van der Waals surface area contributed by atoms with Gasteiger partial charge in [0.15, 0.2) is 0 Å². The van der Waals surface area contributed by atoms with Crippen LogP contribution in [0.25, 0.3) is 0 Å². The molecule has 1 N–H and O–H groups in total. The van der Waals surface area contributed by atoms with Crippen molar-refractivity contribution >= 4 is 5.97 Å². The number of alkyl halides is 6. The summed E-state index contributed by atoms with van der Waals surface area (Å²) in [6.45, 7) is 0.603. The van der Waals surface area contributed by atoms with Crippen molar-refractivity contribution < 1.29 is 41.0 Å². The number of hydrogen-bond donors (Lipinski definition) is 1. The Labute approximate surface area is 158 Å². The van der Waals surface area contributed by atoms with Gasteiger partial charge in [-0.2, -0.15) is 13.2 Å². The Hall–Kier alpha value is -1.97. The van der Waals surface area contributed by atoms with Gasteiger partial charge in [-0.15, -0.1) is 13.2 Å². The first-order chi connectivity index (χ1) is 12.9. The maximum Gasteiger partial charge on any atom is 0.573 e. The van der Waals surface area contributed by atoms with E-state index in [1.54, 1.807) is 0 Å². The van der Waals surface area contributed by atoms with Crippen molar-refractivity contribution in [2.24, 2.45) is 5.92 Å². The first-order valence-electron chi connectivity index (χ1n) is 8.81. The molecular weight excluding hydrogens is 392 g/mol. The second kappa shape index (κ2) is 9.02. The quantitative estimate of drug-likeness (QED) is 0.628. The van der Waals surface area contributed by atoms with Crippen molar-refractivity contribution in [1.29, 1.82) is 0 Å². The number of halogens is 6. The van der Waals surface area contributed by atoms with Crippen molar-refractivity contribution in [3.8, 4) is 5.75 Å². The molecule has 158 valence electrons. The van der Waals surface area contributed by atoms with E-state index in [1.165, 1.54) is 12.1 Å². The van der Waals surface area contributed by atoms with Crippen molar-refractivity contribution in [1.82, 2.24) is 4.90 Å². The number of aliphatic carboxylic acids is 1. The molecule has 0 radical (unpaired) electrons. The monoisotopic (exact) mass is 413 g/mol. The standard InChI is InChI=1S/C18H21F6NO3/c19-17(20,21)7-1-8-25-9-6-12(11-16(26)27)10-15(25)13-2-4-14(5-3-13)28-18(22,23)24/h2-5,12,15H,1,6-11H2,(H,26,27)/t12-,15+/m1/s1. The van der Waals surface area contributed by atoms with Crippen LogP contribution in [-0.2, 0) is 4.79 Å². The predicted octanol–water partition coefficient (Wildman–Crippen LogP) is 5.16. The lowest BCUT2D eigenvalue weighted by molar-refractivity contribution is -0.274. The largest absolute Gasteiger partial charge is 0.573 e. The SMILES string of the molecule is O=C(O)C[C@@H]1CCN(CCCC(F)(F)F)[C@H](c2ccc(OC(F)(F)F)cc2)C1. The topological polar surface area (TPSA) is 49.8 Å². The lowest BCUT2D eigenvalue weighted by Gasteiger charge is -2.39. The molecule has 0 amide bonds. The first kappa shape index (κ1) is 22.3. The third kappa shape index (κ3) is 7.57. The number of carboxylic acid groups (broad SMARTS) is 1. The summed E-state index contributed by atoms with van der Waals surface area (Å²) in [5.41, 5.74) is 0.622. The van der Waals surface area contributed by atoms with Crippen molar-refractivity contribution in [3.63, 3.8) is 0 Å². The van der Waals surface area contributed by atoms with Crippen molar-refractivity contribution in [2.45, 2.75) is 50.7 Å². The fourth-order valence-corrected chi connectivity index (χ4v) is 3.51. The van der Waals surface area contributed by atoms with E-state index < -0.39 is 30.7 Å². The van der Waals surface area contributed by atoms with Crippen LogP contribution in [0.1, 0.15) is 43.7 Å². The summed E-state index contributed by atoms with van der Waals surface area (Å²) in [4.78, 5) is 12.8. The molecule has 2 rings (SSSR count). The summed E-state index contributed by atoms with van der Waals surface area (Å²) >= 11 is 0. The minimum atomic E-state index is -4.82. The van der Waals surface area contributed by atoms with Crippen molar-refractivity contribution in [2.75, 3.05) is 13.1 Å². The molecule has 0 spiro atoms. The van der Waals surface area contributed by atoms with Crippen LogP contribution in [0.4, 0.5) is 26.3 Å². The number of nitrogens with zero attached hydrogens (tertiary/aromatic N) is 1. The van der Waals surface area contributed by atoms with E-state index in [2.05, 4.69) is 4.74 Å². The third-order valence-electron chi connectivity index (χ3n) is 4.69. The fourth-order valence-electron chi connectivity index (χ4n) is 3.51. The molecule has 1 aliphatic rings. The van der Waals surface area contributed by atoms with E-state index in [4.69, 9.17) is 5.11 Å². The molecule has 1 aliphatic heterocycles. The Bertz CT molecular complexity index is 644. The molecule has 28 heavy (non-hydrogen) atoms. The molecule has 0 aromatic heterocycles. The van der Waals surface area contributed by atoms with E-state index in [0.29, 0.717) is 24.9 Å². The van der Waals surface area contributed by atoms with Gasteiger partial charge >= 0.3 is 18.5 Å². The maximum absolute atomic E-state index is 12.4. The Balaban J connectivity index is 2.11. The molecule has 1 aromatic rings. The smallest absolute Gasteiger partial charge is 0.481 e. The highest BCUT2D eigenvalue weighted by molar-refractivity contribution is 5.67. The van der Waals surface area contributed by atoms with E-state index in [9.17, 15) is 31.1 Å². The Morgan fingerprint density at radius 3 is 2.32 bits per heavy atom. The number of carboxylic acids is 1. The van der Waals surface area contributed by atoms with E-state index >= 15 is 0 Å². The minimum Gasteiger partial charge on any atom is -0.481 e. The summed E-state index contributed by atoms with van der Waals surface area (Å²) in [6.07, 6.45) is -9.19. The average Bonchev–Trinajstić information content (AvgIpc) is 2.53. The molecule has 1 heterocycles. The average molecular weight is 413 g/mol. The highest BCUT2D eigenvalue weighted by atomic mass is 19.4. The normalized spacial score (nSPS) is 21.5. The Kier molecular flexibility index (Phi) is 7.19. The molecule has 1 fully saturated rings. The van der Waals surface area contributed by atoms with Gasteiger partial charge in [0.05, 0.1) is 0 Å². The molecule has 0 saturated carbocycles. The highest BCUT2D eigenvalue weighted by Crippen LogP contribution is 2.37. The van der Waals surface area contributed by atoms with Crippen LogP contribution in [0.5, 0.6) is 5.75 Å². The van der Waals surface area contributed by atoms with Crippen LogP contribution in [0, 0.1) is 5.92 Å². The molecule has 2 atom stereocenters. The lowest BCUT2D eigenvalue weighted by Crippen LogP contribution is -2.38. The van der Waals surface area contributed by atoms with E-state index in [1.807, 2.05) is 4.90 Å². The van der Waals surface area contributed by atoms with Crippen LogP contribution in [0.15, 0.2) is 24.3 Å². The lowest BCUT2D eigenvalue weighted by atomic mass is 9.85. The number of rotatable bonds is 7. The number of ether oxygens (including phenoxy) is 1. The van der Waals surface area contributed by atoms with E-state index in [0.717, 1.165) is 12.1 Å². The summed E-state index contributed by atoms with van der Waals surface area (Å²) < 4.78 is 78.0. The van der Waals surface area contributed by atoms with Crippen molar-refractivity contribution in [3.05, 3.63) is 29.8 Å². The predicted molar refractivity (Wildman–Crippen MR) is 87.7 cm³/mol. The summed E-state index contributed by atoms with van der Waals surface area (Å²) in [5.74, 6) is -1.49. The van der Waals surface area contributed by atoms with Gasteiger partial charge in [0.1, 0.15) is 5.75 Å². The first-order valence-corrected chi connectivity index (χ1v) is 8.81.